The average Bonchev–Trinajstić information content (AvgIpc) is 3.23. The van der Waals surface area contributed by atoms with Gasteiger partial charge in [-0.15, -0.1) is 10.2 Å². The summed E-state index contributed by atoms with van der Waals surface area (Å²) in [5.41, 5.74) is -0.0868. The molecule has 0 atom stereocenters. The van der Waals surface area contributed by atoms with E-state index in [-0.39, 0.29) is 25.0 Å². The van der Waals surface area contributed by atoms with Gasteiger partial charge in [-0.05, 0) is 64.2 Å². The largest absolute Gasteiger partial charge is 0.451 e. The Hall–Kier alpha value is -2.82. The number of ether oxygens (including phenoxy) is 1. The van der Waals surface area contributed by atoms with Crippen LogP contribution in [0.5, 0.6) is 0 Å². The first kappa shape index (κ1) is 26.2. The number of fused-ring (bicyclic) bond motifs is 1. The summed E-state index contributed by atoms with van der Waals surface area (Å²) in [5.74, 6) is -1.98. The Kier molecular flexibility index (Phi) is 6.98. The van der Waals surface area contributed by atoms with Crippen LogP contribution in [0.15, 0.2) is 24.3 Å². The van der Waals surface area contributed by atoms with Crippen molar-refractivity contribution in [1.29, 1.82) is 0 Å². The normalized spacial score (nSPS) is 22.8. The number of amides is 2. The van der Waals surface area contributed by atoms with Crippen LogP contribution in [0.4, 0.5) is 18.0 Å². The molecular formula is C24H29ClF3N5O3. The number of carbonyl (C=O) groups is 2. The lowest BCUT2D eigenvalue weighted by atomic mass is 9.67. The molecule has 12 heteroatoms. The van der Waals surface area contributed by atoms with E-state index in [2.05, 4.69) is 15.5 Å². The van der Waals surface area contributed by atoms with E-state index in [9.17, 15) is 22.8 Å². The summed E-state index contributed by atoms with van der Waals surface area (Å²) in [5, 5.41) is 10.2. The third-order valence-electron chi connectivity index (χ3n) is 6.78. The van der Waals surface area contributed by atoms with Crippen LogP contribution >= 0.6 is 11.6 Å². The third kappa shape index (κ3) is 5.45. The van der Waals surface area contributed by atoms with Gasteiger partial charge in [-0.2, -0.15) is 13.2 Å². The van der Waals surface area contributed by atoms with E-state index in [0.29, 0.717) is 37.3 Å². The second-order valence-corrected chi connectivity index (χ2v) is 10.8. The molecule has 1 aromatic carbocycles. The van der Waals surface area contributed by atoms with Crippen LogP contribution in [0, 0.1) is 0 Å². The molecule has 0 saturated heterocycles. The van der Waals surface area contributed by atoms with Crippen molar-refractivity contribution in [3.05, 3.63) is 46.5 Å². The van der Waals surface area contributed by atoms with E-state index < -0.39 is 35.0 Å². The summed E-state index contributed by atoms with van der Waals surface area (Å²) in [6.45, 7) is 5.83. The molecule has 8 nitrogen and oxygen atoms in total. The molecule has 0 bridgehead atoms. The van der Waals surface area contributed by atoms with Crippen LogP contribution in [-0.4, -0.2) is 56.4 Å². The summed E-state index contributed by atoms with van der Waals surface area (Å²) in [4.78, 5) is 27.0. The van der Waals surface area contributed by atoms with Crippen LogP contribution in [0.3, 0.4) is 0 Å². The standard InChI is InChI=1S/C24H29ClF3N5O3/c1-22(2,3)36-21(35)29-14-23(15-5-4-6-16(25)13-15)9-7-17(8-10-23)32-11-12-33-18(19(32)34)30-31-20(33)24(26,27)28/h4-6,13,17H,7-12,14H2,1-3H3,(H,29,35). The maximum Gasteiger partial charge on any atom is 0.451 e. The van der Waals surface area contributed by atoms with Gasteiger partial charge in [-0.1, -0.05) is 23.7 Å². The molecule has 196 valence electrons. The zero-order chi connectivity index (χ0) is 26.3. The Labute approximate surface area is 212 Å². The highest BCUT2D eigenvalue weighted by Gasteiger charge is 2.45. The molecule has 1 saturated carbocycles. The first-order chi connectivity index (χ1) is 16.8. The van der Waals surface area contributed by atoms with Crippen molar-refractivity contribution >= 4 is 23.6 Å². The van der Waals surface area contributed by atoms with Gasteiger partial charge in [-0.25, -0.2) is 4.79 Å². The molecule has 2 heterocycles. The molecule has 36 heavy (non-hydrogen) atoms. The third-order valence-corrected chi connectivity index (χ3v) is 7.02. The minimum atomic E-state index is -4.67. The molecular weight excluding hydrogens is 499 g/mol. The highest BCUT2D eigenvalue weighted by Crippen LogP contribution is 2.42. The van der Waals surface area contributed by atoms with Crippen LogP contribution < -0.4 is 5.32 Å². The average molecular weight is 528 g/mol. The van der Waals surface area contributed by atoms with Crippen molar-refractivity contribution in [3.63, 3.8) is 0 Å². The number of alkyl carbamates (subject to hydrolysis) is 1. The maximum absolute atomic E-state index is 13.2. The quantitative estimate of drug-likeness (QED) is 0.616. The first-order valence-corrected chi connectivity index (χ1v) is 12.2. The van der Waals surface area contributed by atoms with Crippen molar-refractivity contribution in [1.82, 2.24) is 25.0 Å². The van der Waals surface area contributed by atoms with E-state index in [1.54, 1.807) is 31.7 Å². The van der Waals surface area contributed by atoms with E-state index in [1.165, 1.54) is 0 Å². The molecule has 1 aliphatic carbocycles. The molecule has 2 aliphatic rings. The number of rotatable bonds is 4. The predicted octanol–water partition coefficient (Wildman–Crippen LogP) is 4.81. The number of halogens is 4. The lowest BCUT2D eigenvalue weighted by molar-refractivity contribution is -0.147. The van der Waals surface area contributed by atoms with Crippen molar-refractivity contribution in [3.8, 4) is 0 Å². The summed E-state index contributed by atoms with van der Waals surface area (Å²) in [6.07, 6.45) is -2.70. The molecule has 1 aliphatic heterocycles. The summed E-state index contributed by atoms with van der Waals surface area (Å²) >= 11 is 6.27. The Morgan fingerprint density at radius 1 is 1.19 bits per heavy atom. The smallest absolute Gasteiger partial charge is 0.444 e. The summed E-state index contributed by atoms with van der Waals surface area (Å²) in [6, 6.07) is 7.33. The number of nitrogens with one attached hydrogen (secondary N) is 1. The van der Waals surface area contributed by atoms with Crippen LogP contribution in [-0.2, 0) is 22.9 Å². The van der Waals surface area contributed by atoms with Crippen molar-refractivity contribution in [2.45, 2.75) is 76.2 Å². The number of nitrogens with zero attached hydrogens (tertiary/aromatic N) is 4. The van der Waals surface area contributed by atoms with Gasteiger partial charge in [0.15, 0.2) is 0 Å². The number of hydrogen-bond acceptors (Lipinski definition) is 5. The topological polar surface area (TPSA) is 89.3 Å². The lowest BCUT2D eigenvalue weighted by Gasteiger charge is -2.45. The van der Waals surface area contributed by atoms with E-state index in [4.69, 9.17) is 16.3 Å². The number of carbonyl (C=O) groups excluding carboxylic acids is 2. The van der Waals surface area contributed by atoms with Gasteiger partial charge in [-0.3, -0.25) is 9.36 Å². The molecule has 2 amide bonds. The Bertz CT molecular complexity index is 1140. The van der Waals surface area contributed by atoms with Crippen molar-refractivity contribution in [2.75, 3.05) is 13.1 Å². The predicted molar refractivity (Wildman–Crippen MR) is 126 cm³/mol. The van der Waals surface area contributed by atoms with E-state index >= 15 is 0 Å². The first-order valence-electron chi connectivity index (χ1n) is 11.8. The van der Waals surface area contributed by atoms with Crippen LogP contribution in [0.1, 0.15) is 68.5 Å². The molecule has 1 N–H and O–H groups in total. The minimum Gasteiger partial charge on any atom is -0.444 e. The lowest BCUT2D eigenvalue weighted by Crippen LogP contribution is -2.52. The van der Waals surface area contributed by atoms with Crippen LogP contribution in [0.2, 0.25) is 5.02 Å². The second-order valence-electron chi connectivity index (χ2n) is 10.4. The van der Waals surface area contributed by atoms with Crippen LogP contribution in [0.25, 0.3) is 0 Å². The molecule has 1 fully saturated rings. The molecule has 4 rings (SSSR count). The van der Waals surface area contributed by atoms with Gasteiger partial charge in [0.05, 0.1) is 0 Å². The molecule has 0 unspecified atom stereocenters. The van der Waals surface area contributed by atoms with Gasteiger partial charge in [0, 0.05) is 36.1 Å². The summed E-state index contributed by atoms with van der Waals surface area (Å²) in [7, 11) is 0. The monoisotopic (exact) mass is 527 g/mol. The number of benzene rings is 1. The number of alkyl halides is 3. The fourth-order valence-corrected chi connectivity index (χ4v) is 5.27. The Morgan fingerprint density at radius 2 is 1.89 bits per heavy atom. The zero-order valence-electron chi connectivity index (χ0n) is 20.4. The Morgan fingerprint density at radius 3 is 2.50 bits per heavy atom. The molecule has 1 aromatic heterocycles. The number of aromatic nitrogens is 3. The Balaban J connectivity index is 1.50. The van der Waals surface area contributed by atoms with Gasteiger partial charge >= 0.3 is 12.3 Å². The second kappa shape index (κ2) is 9.57. The van der Waals surface area contributed by atoms with Gasteiger partial charge in [0.1, 0.15) is 5.60 Å². The van der Waals surface area contributed by atoms with Gasteiger partial charge in [0.25, 0.3) is 5.91 Å². The van der Waals surface area contributed by atoms with E-state index in [1.807, 2.05) is 18.2 Å². The maximum atomic E-state index is 13.2. The van der Waals surface area contributed by atoms with Crippen molar-refractivity contribution in [2.24, 2.45) is 0 Å². The number of hydrogen-bond donors (Lipinski definition) is 1. The molecule has 0 spiro atoms. The fraction of sp³-hybridized carbons (Fsp3) is 0.583. The van der Waals surface area contributed by atoms with E-state index in [0.717, 1.165) is 10.1 Å². The molecule has 0 radical (unpaired) electrons. The minimum absolute atomic E-state index is 0.0148. The SMILES string of the molecule is CC(C)(C)OC(=O)NCC1(c2cccc(Cl)c2)CCC(N2CCn3c(nnc3C(F)(F)F)C2=O)CC1. The zero-order valence-corrected chi connectivity index (χ0v) is 21.1. The highest BCUT2D eigenvalue weighted by molar-refractivity contribution is 6.30. The van der Waals surface area contributed by atoms with Crippen molar-refractivity contribution < 1.29 is 27.5 Å². The molecule has 2 aromatic rings. The highest BCUT2D eigenvalue weighted by atomic mass is 35.5. The summed E-state index contributed by atoms with van der Waals surface area (Å²) < 4.78 is 45.8. The van der Waals surface area contributed by atoms with Gasteiger partial charge in [0.2, 0.25) is 11.6 Å². The fourth-order valence-electron chi connectivity index (χ4n) is 5.08. The van der Waals surface area contributed by atoms with Gasteiger partial charge < -0.3 is 15.0 Å².